The molecular formula is C11H16F3N3O2S. The van der Waals surface area contributed by atoms with Crippen molar-refractivity contribution in [1.82, 2.24) is 14.5 Å². The highest BCUT2D eigenvalue weighted by Crippen LogP contribution is 2.24. The van der Waals surface area contributed by atoms with Crippen LogP contribution in [0.1, 0.15) is 29.8 Å². The number of hydrogen-bond donors (Lipinski definition) is 1. The number of aryl methyl sites for hydroxylation is 2. The minimum absolute atomic E-state index is 0.0149. The third-order valence-corrected chi connectivity index (χ3v) is 4.64. The third kappa shape index (κ3) is 3.72. The van der Waals surface area contributed by atoms with Crippen LogP contribution in [0.25, 0.3) is 0 Å². The van der Waals surface area contributed by atoms with Gasteiger partial charge in [-0.3, -0.25) is 4.68 Å². The largest absolute Gasteiger partial charge is 0.390 e. The van der Waals surface area contributed by atoms with Gasteiger partial charge in [0, 0.05) is 7.05 Å². The molecule has 0 saturated heterocycles. The molecule has 0 unspecified atom stereocenters. The van der Waals surface area contributed by atoms with Crippen molar-refractivity contribution in [1.29, 1.82) is 0 Å². The molecule has 114 valence electrons. The number of sulfonamides is 1. The second-order valence-electron chi connectivity index (χ2n) is 4.85. The molecular weight excluding hydrogens is 295 g/mol. The van der Waals surface area contributed by atoms with Crippen molar-refractivity contribution in [2.45, 2.75) is 38.4 Å². The van der Waals surface area contributed by atoms with Crippen molar-refractivity contribution in [2.24, 2.45) is 7.05 Å². The summed E-state index contributed by atoms with van der Waals surface area (Å²) in [5.74, 6) is -0.948. The first-order chi connectivity index (χ1) is 9.18. The normalized spacial score (nSPS) is 15.6. The van der Waals surface area contributed by atoms with E-state index in [9.17, 15) is 21.6 Å². The highest BCUT2D eigenvalue weighted by atomic mass is 32.2. The second kappa shape index (κ2) is 5.36. The van der Waals surface area contributed by atoms with E-state index in [2.05, 4.69) is 9.82 Å². The molecule has 1 heterocycles. The lowest BCUT2D eigenvalue weighted by atomic mass is 10.2. The minimum Gasteiger partial charge on any atom is -0.271 e. The zero-order valence-electron chi connectivity index (χ0n) is 11.0. The van der Waals surface area contributed by atoms with Crippen LogP contribution in [-0.2, 0) is 36.5 Å². The number of alkyl halides is 3. The number of nitrogens with one attached hydrogen (secondary N) is 1. The molecule has 1 N–H and O–H groups in total. The Bertz CT molecular complexity index is 593. The van der Waals surface area contributed by atoms with Crippen LogP contribution in [0.3, 0.4) is 0 Å². The second-order valence-corrected chi connectivity index (χ2v) is 6.78. The molecule has 2 rings (SSSR count). The van der Waals surface area contributed by atoms with Crippen LogP contribution in [0.2, 0.25) is 0 Å². The molecule has 1 aromatic rings. The molecule has 1 aliphatic carbocycles. The van der Waals surface area contributed by atoms with Crippen molar-refractivity contribution in [3.05, 3.63) is 17.0 Å². The summed E-state index contributed by atoms with van der Waals surface area (Å²) in [6.45, 7) is -0.0149. The SMILES string of the molecule is Cn1nc2c(c1CNS(=O)(=O)CCC(F)(F)F)CCC2. The summed E-state index contributed by atoms with van der Waals surface area (Å²) in [5, 5.41) is 4.28. The van der Waals surface area contributed by atoms with Gasteiger partial charge in [-0.15, -0.1) is 0 Å². The Balaban J connectivity index is 1.98. The fourth-order valence-corrected chi connectivity index (χ4v) is 3.31. The van der Waals surface area contributed by atoms with Crippen molar-refractivity contribution in [2.75, 3.05) is 5.75 Å². The van der Waals surface area contributed by atoms with Gasteiger partial charge in [0.2, 0.25) is 10.0 Å². The first kappa shape index (κ1) is 15.3. The number of hydrogen-bond acceptors (Lipinski definition) is 3. The molecule has 0 aliphatic heterocycles. The van der Waals surface area contributed by atoms with Gasteiger partial charge in [-0.1, -0.05) is 0 Å². The van der Waals surface area contributed by atoms with Gasteiger partial charge in [0.25, 0.3) is 0 Å². The van der Waals surface area contributed by atoms with E-state index in [0.717, 1.165) is 36.2 Å². The molecule has 0 saturated carbocycles. The molecule has 0 spiro atoms. The van der Waals surface area contributed by atoms with E-state index < -0.39 is 28.4 Å². The quantitative estimate of drug-likeness (QED) is 0.891. The molecule has 1 aliphatic rings. The molecule has 0 radical (unpaired) electrons. The number of halogens is 3. The van der Waals surface area contributed by atoms with Gasteiger partial charge in [0.05, 0.1) is 30.1 Å². The molecule has 1 aromatic heterocycles. The monoisotopic (exact) mass is 311 g/mol. The maximum absolute atomic E-state index is 12.0. The maximum Gasteiger partial charge on any atom is 0.390 e. The highest BCUT2D eigenvalue weighted by molar-refractivity contribution is 7.89. The summed E-state index contributed by atoms with van der Waals surface area (Å²) in [4.78, 5) is 0. The van der Waals surface area contributed by atoms with Crippen LogP contribution >= 0.6 is 0 Å². The summed E-state index contributed by atoms with van der Waals surface area (Å²) < 4.78 is 63.0. The van der Waals surface area contributed by atoms with Gasteiger partial charge < -0.3 is 0 Å². The highest BCUT2D eigenvalue weighted by Gasteiger charge is 2.30. The van der Waals surface area contributed by atoms with Crippen LogP contribution in [0.15, 0.2) is 0 Å². The summed E-state index contributed by atoms with van der Waals surface area (Å²) in [7, 11) is -2.23. The Kier molecular flexibility index (Phi) is 4.10. The summed E-state index contributed by atoms with van der Waals surface area (Å²) in [6, 6.07) is 0. The van der Waals surface area contributed by atoms with Crippen LogP contribution < -0.4 is 4.72 Å². The Morgan fingerprint density at radius 3 is 2.70 bits per heavy atom. The third-order valence-electron chi connectivity index (χ3n) is 3.31. The zero-order chi connectivity index (χ0) is 15.0. The average Bonchev–Trinajstić information content (AvgIpc) is 2.84. The summed E-state index contributed by atoms with van der Waals surface area (Å²) in [6.07, 6.45) is -3.13. The van der Waals surface area contributed by atoms with Crippen LogP contribution in [0.4, 0.5) is 13.2 Å². The van der Waals surface area contributed by atoms with Crippen molar-refractivity contribution in [3.63, 3.8) is 0 Å². The van der Waals surface area contributed by atoms with Gasteiger partial charge in [-0.25, -0.2) is 13.1 Å². The first-order valence-corrected chi connectivity index (χ1v) is 7.91. The van der Waals surface area contributed by atoms with Crippen molar-refractivity contribution >= 4 is 10.0 Å². The first-order valence-electron chi connectivity index (χ1n) is 6.26. The van der Waals surface area contributed by atoms with Crippen LogP contribution in [-0.4, -0.2) is 30.1 Å². The van der Waals surface area contributed by atoms with Crippen LogP contribution in [0.5, 0.6) is 0 Å². The summed E-state index contributed by atoms with van der Waals surface area (Å²) in [5.41, 5.74) is 2.70. The molecule has 0 atom stereocenters. The van der Waals surface area contributed by atoms with Gasteiger partial charge in [-0.2, -0.15) is 18.3 Å². The maximum atomic E-state index is 12.0. The Morgan fingerprint density at radius 1 is 1.35 bits per heavy atom. The van der Waals surface area contributed by atoms with Gasteiger partial charge in [0.15, 0.2) is 0 Å². The van der Waals surface area contributed by atoms with Gasteiger partial charge in [-0.05, 0) is 24.8 Å². The Morgan fingerprint density at radius 2 is 2.05 bits per heavy atom. The fraction of sp³-hybridized carbons (Fsp3) is 0.727. The smallest absolute Gasteiger partial charge is 0.271 e. The standard InChI is InChI=1S/C11H16F3N3O2S/c1-17-10(8-3-2-4-9(8)16-17)7-15-20(18,19)6-5-11(12,13)14/h15H,2-7H2,1H3. The van der Waals surface area contributed by atoms with Gasteiger partial charge in [0.1, 0.15) is 0 Å². The predicted molar refractivity (Wildman–Crippen MR) is 66.5 cm³/mol. The number of fused-ring (bicyclic) bond motifs is 1. The molecule has 0 bridgehead atoms. The van der Waals surface area contributed by atoms with E-state index in [4.69, 9.17) is 0 Å². The lowest BCUT2D eigenvalue weighted by molar-refractivity contribution is -0.129. The predicted octanol–water partition coefficient (Wildman–Crippen LogP) is 1.28. The average molecular weight is 311 g/mol. The Labute approximate surface area is 115 Å². The van der Waals surface area contributed by atoms with E-state index in [1.54, 1.807) is 11.7 Å². The number of nitrogens with zero attached hydrogens (tertiary/aromatic N) is 2. The van der Waals surface area contributed by atoms with E-state index in [-0.39, 0.29) is 6.54 Å². The summed E-state index contributed by atoms with van der Waals surface area (Å²) >= 11 is 0. The minimum atomic E-state index is -4.47. The lowest BCUT2D eigenvalue weighted by Gasteiger charge is -2.10. The Hall–Kier alpha value is -1.09. The molecule has 20 heavy (non-hydrogen) atoms. The molecule has 0 fully saturated rings. The zero-order valence-corrected chi connectivity index (χ0v) is 11.8. The fourth-order valence-electron chi connectivity index (χ4n) is 2.31. The van der Waals surface area contributed by atoms with Crippen LogP contribution in [0, 0.1) is 0 Å². The number of aromatic nitrogens is 2. The molecule has 0 aromatic carbocycles. The van der Waals surface area contributed by atoms with E-state index in [1.165, 1.54) is 0 Å². The lowest BCUT2D eigenvalue weighted by Crippen LogP contribution is -2.29. The van der Waals surface area contributed by atoms with Gasteiger partial charge >= 0.3 is 6.18 Å². The van der Waals surface area contributed by atoms with E-state index in [0.29, 0.717) is 0 Å². The topological polar surface area (TPSA) is 64.0 Å². The van der Waals surface area contributed by atoms with Crippen molar-refractivity contribution in [3.8, 4) is 0 Å². The number of rotatable bonds is 5. The molecule has 0 amide bonds. The van der Waals surface area contributed by atoms with E-state index in [1.807, 2.05) is 0 Å². The van der Waals surface area contributed by atoms with Crippen molar-refractivity contribution < 1.29 is 21.6 Å². The molecule has 9 heteroatoms. The molecule has 5 nitrogen and oxygen atoms in total. The van der Waals surface area contributed by atoms with E-state index >= 15 is 0 Å².